The van der Waals surface area contributed by atoms with E-state index in [1.165, 1.54) is 0 Å². The third-order valence-electron chi connectivity index (χ3n) is 6.60. The Morgan fingerprint density at radius 3 is 2.37 bits per heavy atom. The highest BCUT2D eigenvalue weighted by molar-refractivity contribution is 7.89. The minimum atomic E-state index is -3.96. The number of carbonyl (C=O) groups is 1. The molecule has 1 fully saturated rings. The van der Waals surface area contributed by atoms with E-state index in [1.807, 2.05) is 61.5 Å². The Labute approximate surface area is 222 Å². The molecule has 0 unspecified atom stereocenters. The van der Waals surface area contributed by atoms with Crippen LogP contribution < -0.4 is 10.1 Å². The Kier molecular flexibility index (Phi) is 7.85. The number of carbonyl (C=O) groups excluding carboxylic acids is 1. The number of morpholine rings is 1. The number of hydrogen-bond donors (Lipinski definition) is 2. The predicted molar refractivity (Wildman–Crippen MR) is 145 cm³/mol. The lowest BCUT2D eigenvalue weighted by atomic mass is 10.1. The molecule has 1 saturated heterocycles. The summed E-state index contributed by atoms with van der Waals surface area (Å²) in [7, 11) is -3.96. The van der Waals surface area contributed by atoms with E-state index in [1.54, 1.807) is 29.3 Å². The van der Waals surface area contributed by atoms with Gasteiger partial charge in [0.05, 0.1) is 29.1 Å². The minimum Gasteiger partial charge on any atom is -0.379 e. The average Bonchev–Trinajstić information content (AvgIpc) is 3.24. The number of imidazole rings is 1. The molecule has 0 radical (unpaired) electrons. The molecule has 1 aromatic heterocycles. The van der Waals surface area contributed by atoms with Gasteiger partial charge >= 0.3 is 0 Å². The van der Waals surface area contributed by atoms with E-state index in [-0.39, 0.29) is 11.3 Å². The summed E-state index contributed by atoms with van der Waals surface area (Å²) < 4.78 is 36.8. The molecule has 0 aliphatic carbocycles. The Hall–Kier alpha value is -3.57. The molecule has 4 aromatic rings. The van der Waals surface area contributed by atoms with E-state index >= 15 is 0 Å². The van der Waals surface area contributed by atoms with Crippen LogP contribution in [0, 0.1) is 6.92 Å². The van der Waals surface area contributed by atoms with Crippen LogP contribution in [-0.4, -0.2) is 61.2 Å². The lowest BCUT2D eigenvalue weighted by Gasteiger charge is -2.29. The van der Waals surface area contributed by atoms with Gasteiger partial charge in [0.15, 0.2) is 0 Å². The molecule has 2 heterocycles. The number of sulfonamides is 1. The van der Waals surface area contributed by atoms with E-state index in [0.717, 1.165) is 28.0 Å². The van der Waals surface area contributed by atoms with E-state index in [9.17, 15) is 13.2 Å². The van der Waals surface area contributed by atoms with Crippen molar-refractivity contribution in [3.63, 3.8) is 0 Å². The second-order valence-corrected chi connectivity index (χ2v) is 11.0. The van der Waals surface area contributed by atoms with Crippen molar-refractivity contribution in [3.05, 3.63) is 95.8 Å². The highest BCUT2D eigenvalue weighted by Gasteiger charge is 2.28. The van der Waals surface area contributed by atoms with Crippen molar-refractivity contribution in [2.24, 2.45) is 0 Å². The maximum absolute atomic E-state index is 13.3. The first kappa shape index (κ1) is 26.1. The van der Waals surface area contributed by atoms with Gasteiger partial charge in [0, 0.05) is 19.6 Å². The molecular weight excluding hydrogens is 502 g/mol. The summed E-state index contributed by atoms with van der Waals surface area (Å²) in [6.45, 7) is 4.63. The summed E-state index contributed by atoms with van der Waals surface area (Å²) in [6.07, 6.45) is 0.224. The van der Waals surface area contributed by atoms with Crippen LogP contribution in [0.3, 0.4) is 0 Å². The molecule has 0 spiro atoms. The monoisotopic (exact) mass is 533 g/mol. The maximum atomic E-state index is 13.3. The van der Waals surface area contributed by atoms with Crippen LogP contribution in [0.5, 0.6) is 0 Å². The molecule has 10 heteroatoms. The van der Waals surface area contributed by atoms with Crippen LogP contribution in [0.25, 0.3) is 11.0 Å². The zero-order chi connectivity index (χ0) is 26.5. The van der Waals surface area contributed by atoms with Gasteiger partial charge < -0.3 is 9.30 Å². The number of fused-ring (bicyclic) bond motifs is 1. The second kappa shape index (κ2) is 11.4. The van der Waals surface area contributed by atoms with Crippen molar-refractivity contribution in [2.75, 3.05) is 26.3 Å². The molecular formula is C28H31N5O4S. The number of hydrazine groups is 1. The van der Waals surface area contributed by atoms with Crippen LogP contribution in [0.1, 0.15) is 17.0 Å². The summed E-state index contributed by atoms with van der Waals surface area (Å²) >= 11 is 0. The van der Waals surface area contributed by atoms with Gasteiger partial charge in [-0.25, -0.2) is 18.4 Å². The number of aromatic nitrogens is 2. The Balaban J connectivity index is 1.33. The van der Waals surface area contributed by atoms with Crippen molar-refractivity contribution in [1.29, 1.82) is 0 Å². The topological polar surface area (TPSA) is 106 Å². The van der Waals surface area contributed by atoms with Crippen LogP contribution in [-0.2, 0) is 32.5 Å². The first-order valence-electron chi connectivity index (χ1n) is 12.6. The standard InChI is InChI=1S/C28H31N5O4S/c1-21-29-25-9-5-6-10-27(25)33(21)20-23-11-13-24(14-12-23)38(35,36)31-26(19-22-7-3-2-4-8-22)28(34)30-32-15-17-37-18-16-32/h2-14,26,31H,15-20H2,1H3,(H,30,34)/t26-/m0/s1. The fraction of sp³-hybridized carbons (Fsp3) is 0.286. The zero-order valence-electron chi connectivity index (χ0n) is 21.2. The molecule has 9 nitrogen and oxygen atoms in total. The van der Waals surface area contributed by atoms with E-state index < -0.39 is 22.0 Å². The van der Waals surface area contributed by atoms with Gasteiger partial charge in [-0.1, -0.05) is 54.6 Å². The second-order valence-electron chi connectivity index (χ2n) is 9.32. The first-order chi connectivity index (χ1) is 18.4. The molecule has 2 N–H and O–H groups in total. The fourth-order valence-electron chi connectivity index (χ4n) is 4.55. The number of para-hydroxylation sites is 2. The SMILES string of the molecule is Cc1nc2ccccc2n1Cc1ccc(S(=O)(=O)N[C@@H](Cc2ccccc2)C(=O)NN2CCOCC2)cc1. The van der Waals surface area contributed by atoms with Gasteiger partial charge in [-0.05, 0) is 48.7 Å². The lowest BCUT2D eigenvalue weighted by Crippen LogP contribution is -2.55. The van der Waals surface area contributed by atoms with E-state index in [4.69, 9.17) is 4.74 Å². The number of ether oxygens (including phenoxy) is 1. The fourth-order valence-corrected chi connectivity index (χ4v) is 5.75. The van der Waals surface area contributed by atoms with Crippen LogP contribution in [0.4, 0.5) is 0 Å². The molecule has 1 aliphatic heterocycles. The number of aryl methyl sites for hydroxylation is 1. The summed E-state index contributed by atoms with van der Waals surface area (Å²) in [5, 5.41) is 1.76. The van der Waals surface area contributed by atoms with Crippen LogP contribution >= 0.6 is 0 Å². The number of amides is 1. The van der Waals surface area contributed by atoms with Gasteiger partial charge in [-0.3, -0.25) is 10.2 Å². The molecule has 5 rings (SSSR count). The van der Waals surface area contributed by atoms with Gasteiger partial charge in [0.25, 0.3) is 5.91 Å². The predicted octanol–water partition coefficient (Wildman–Crippen LogP) is 2.65. The summed E-state index contributed by atoms with van der Waals surface area (Å²) in [5.41, 5.74) is 6.60. The van der Waals surface area contributed by atoms with Gasteiger partial charge in [-0.15, -0.1) is 0 Å². The van der Waals surface area contributed by atoms with Crippen molar-refractivity contribution in [3.8, 4) is 0 Å². The van der Waals surface area contributed by atoms with Crippen molar-refractivity contribution in [1.82, 2.24) is 24.7 Å². The summed E-state index contributed by atoms with van der Waals surface area (Å²) in [5.74, 6) is 0.484. The molecule has 0 saturated carbocycles. The molecule has 1 atom stereocenters. The molecule has 38 heavy (non-hydrogen) atoms. The Bertz CT molecular complexity index is 1500. The molecule has 1 aliphatic rings. The number of hydrogen-bond acceptors (Lipinski definition) is 6. The van der Waals surface area contributed by atoms with Gasteiger partial charge in [0.1, 0.15) is 11.9 Å². The quantitative estimate of drug-likeness (QED) is 0.343. The average molecular weight is 534 g/mol. The van der Waals surface area contributed by atoms with E-state index in [2.05, 4.69) is 19.7 Å². The highest BCUT2D eigenvalue weighted by Crippen LogP contribution is 2.19. The third-order valence-corrected chi connectivity index (χ3v) is 8.08. The van der Waals surface area contributed by atoms with Crippen molar-refractivity contribution >= 4 is 27.0 Å². The van der Waals surface area contributed by atoms with Crippen molar-refractivity contribution in [2.45, 2.75) is 30.8 Å². The maximum Gasteiger partial charge on any atom is 0.252 e. The molecule has 1 amide bonds. The highest BCUT2D eigenvalue weighted by atomic mass is 32.2. The first-order valence-corrected chi connectivity index (χ1v) is 14.1. The number of rotatable bonds is 9. The zero-order valence-corrected chi connectivity index (χ0v) is 22.0. The third kappa shape index (κ3) is 6.11. The Morgan fingerprint density at radius 2 is 1.63 bits per heavy atom. The van der Waals surface area contributed by atoms with Gasteiger partial charge in [0.2, 0.25) is 10.0 Å². The lowest BCUT2D eigenvalue weighted by molar-refractivity contribution is -0.129. The van der Waals surface area contributed by atoms with Gasteiger partial charge in [-0.2, -0.15) is 4.72 Å². The molecule has 198 valence electrons. The van der Waals surface area contributed by atoms with Crippen LogP contribution in [0.15, 0.2) is 83.8 Å². The summed E-state index contributed by atoms with van der Waals surface area (Å²) in [4.78, 5) is 17.9. The number of nitrogens with one attached hydrogen (secondary N) is 2. The van der Waals surface area contributed by atoms with E-state index in [0.29, 0.717) is 32.8 Å². The molecule has 0 bridgehead atoms. The smallest absolute Gasteiger partial charge is 0.252 e. The Morgan fingerprint density at radius 1 is 0.947 bits per heavy atom. The normalized spacial score (nSPS) is 15.4. The molecule has 3 aromatic carbocycles. The van der Waals surface area contributed by atoms with Crippen LogP contribution in [0.2, 0.25) is 0 Å². The minimum absolute atomic E-state index is 0.102. The number of nitrogens with zero attached hydrogens (tertiary/aromatic N) is 3. The largest absolute Gasteiger partial charge is 0.379 e. The summed E-state index contributed by atoms with van der Waals surface area (Å²) in [6, 6.07) is 23.0. The van der Waals surface area contributed by atoms with Crippen molar-refractivity contribution < 1.29 is 17.9 Å². The number of benzene rings is 3.